The Labute approximate surface area is 230 Å². The topological polar surface area (TPSA) is 140 Å². The molecule has 0 aliphatic rings. The van der Waals surface area contributed by atoms with Crippen LogP contribution in [0.1, 0.15) is 22.5 Å². The summed E-state index contributed by atoms with van der Waals surface area (Å²) in [6.45, 7) is 0. The average Bonchev–Trinajstić information content (AvgIpc) is 3.02. The number of aromatic nitrogens is 3. The first-order chi connectivity index (χ1) is 19.6. The van der Waals surface area contributed by atoms with Gasteiger partial charge < -0.3 is 0 Å². The van der Waals surface area contributed by atoms with E-state index in [1.54, 1.807) is 94.7 Å². The number of pyridine rings is 3. The van der Waals surface area contributed by atoms with Crippen molar-refractivity contribution in [2.24, 2.45) is 0 Å². The summed E-state index contributed by atoms with van der Waals surface area (Å²) in [7, 11) is 0. The molecule has 3 heterocycles. The highest BCUT2D eigenvalue weighted by atomic mass is 15.3. The third-order valence-electron chi connectivity index (χ3n) is 5.80. The SMILES string of the molecule is N#Cc1cccc(N(c2cccc(C#N)n2)c2cccc(N(c3cccc(C#N)c3)c3cccc(C#N)n3)n2)c1. The second-order valence-electron chi connectivity index (χ2n) is 8.33. The molecule has 0 atom stereocenters. The highest BCUT2D eigenvalue weighted by Crippen LogP contribution is 2.37. The standard InChI is InChI=1S/C31H17N9/c32-18-22-6-1-10-26(16-22)39(28-12-3-8-24(20-34)36-28)30-14-5-15-31(38-30)40(27-11-2-7-23(17-27)19-33)29-13-4-9-25(21-35)37-29/h1-17H. The monoisotopic (exact) mass is 515 g/mol. The van der Waals surface area contributed by atoms with Gasteiger partial charge in [0.2, 0.25) is 0 Å². The second kappa shape index (κ2) is 11.2. The van der Waals surface area contributed by atoms with Crippen molar-refractivity contribution in [3.8, 4) is 24.3 Å². The summed E-state index contributed by atoms with van der Waals surface area (Å²) in [6, 6.07) is 37.9. The van der Waals surface area contributed by atoms with E-state index in [4.69, 9.17) is 4.98 Å². The van der Waals surface area contributed by atoms with Crippen LogP contribution in [-0.2, 0) is 0 Å². The highest BCUT2D eigenvalue weighted by molar-refractivity contribution is 5.77. The fraction of sp³-hybridized carbons (Fsp3) is 0. The number of anilines is 6. The largest absolute Gasteiger partial charge is 0.279 e. The number of benzene rings is 2. The normalized spacial score (nSPS) is 9.90. The molecule has 0 radical (unpaired) electrons. The molecule has 9 heteroatoms. The highest BCUT2D eigenvalue weighted by Gasteiger charge is 2.21. The third-order valence-corrected chi connectivity index (χ3v) is 5.80. The van der Waals surface area contributed by atoms with E-state index in [0.717, 1.165) is 0 Å². The molecule has 0 saturated carbocycles. The van der Waals surface area contributed by atoms with Gasteiger partial charge in [0.1, 0.15) is 46.8 Å². The van der Waals surface area contributed by atoms with Crippen molar-refractivity contribution in [2.75, 3.05) is 9.80 Å². The van der Waals surface area contributed by atoms with Gasteiger partial charge in [0.25, 0.3) is 0 Å². The molecule has 186 valence electrons. The number of hydrogen-bond donors (Lipinski definition) is 0. The van der Waals surface area contributed by atoms with Crippen LogP contribution >= 0.6 is 0 Å². The van der Waals surface area contributed by atoms with Crippen molar-refractivity contribution in [2.45, 2.75) is 0 Å². The molecule has 0 unspecified atom stereocenters. The summed E-state index contributed by atoms with van der Waals surface area (Å²) in [5.74, 6) is 1.77. The Balaban J connectivity index is 1.72. The smallest absolute Gasteiger partial charge is 0.142 e. The molecule has 9 nitrogen and oxygen atoms in total. The van der Waals surface area contributed by atoms with Crippen molar-refractivity contribution in [3.63, 3.8) is 0 Å². The Morgan fingerprint density at radius 1 is 0.425 bits per heavy atom. The quantitative estimate of drug-likeness (QED) is 0.255. The fourth-order valence-corrected chi connectivity index (χ4v) is 4.07. The van der Waals surface area contributed by atoms with Crippen molar-refractivity contribution >= 4 is 34.6 Å². The Bertz CT molecular complexity index is 1640. The van der Waals surface area contributed by atoms with Crippen molar-refractivity contribution in [1.82, 2.24) is 15.0 Å². The van der Waals surface area contributed by atoms with Crippen LogP contribution in [0.3, 0.4) is 0 Å². The molecule has 2 aromatic carbocycles. The molecule has 0 saturated heterocycles. The van der Waals surface area contributed by atoms with Gasteiger partial charge in [0.05, 0.1) is 34.6 Å². The average molecular weight is 516 g/mol. The van der Waals surface area contributed by atoms with Crippen LogP contribution in [0.5, 0.6) is 0 Å². The molecule has 0 bridgehead atoms. The second-order valence-corrected chi connectivity index (χ2v) is 8.33. The molecule has 40 heavy (non-hydrogen) atoms. The maximum Gasteiger partial charge on any atom is 0.142 e. The van der Waals surface area contributed by atoms with Crippen LogP contribution in [0.25, 0.3) is 0 Å². The first-order valence-corrected chi connectivity index (χ1v) is 12.0. The van der Waals surface area contributed by atoms with Gasteiger partial charge in [-0.2, -0.15) is 21.0 Å². The molecule has 0 N–H and O–H groups in total. The minimum atomic E-state index is 0.225. The zero-order chi connectivity index (χ0) is 27.9. The lowest BCUT2D eigenvalue weighted by Gasteiger charge is -2.27. The van der Waals surface area contributed by atoms with E-state index in [0.29, 0.717) is 45.8 Å². The molecule has 3 aromatic heterocycles. The van der Waals surface area contributed by atoms with Crippen LogP contribution in [0.15, 0.2) is 103 Å². The molecular weight excluding hydrogens is 498 g/mol. The predicted octanol–water partition coefficient (Wildman–Crippen LogP) is 6.30. The van der Waals surface area contributed by atoms with E-state index in [1.165, 1.54) is 0 Å². The Morgan fingerprint density at radius 2 is 0.800 bits per heavy atom. The number of nitrogens with zero attached hydrogens (tertiary/aromatic N) is 9. The van der Waals surface area contributed by atoms with Gasteiger partial charge in [-0.25, -0.2) is 15.0 Å². The summed E-state index contributed by atoms with van der Waals surface area (Å²) in [5, 5.41) is 38.0. The molecule has 0 amide bonds. The summed E-state index contributed by atoms with van der Waals surface area (Å²) in [6.07, 6.45) is 0. The summed E-state index contributed by atoms with van der Waals surface area (Å²) in [5.41, 5.74) is 2.58. The van der Waals surface area contributed by atoms with Crippen molar-refractivity contribution < 1.29 is 0 Å². The molecule has 0 aliphatic carbocycles. The van der Waals surface area contributed by atoms with Gasteiger partial charge in [-0.1, -0.05) is 30.3 Å². The van der Waals surface area contributed by atoms with Crippen LogP contribution < -0.4 is 9.80 Å². The van der Waals surface area contributed by atoms with Gasteiger partial charge in [-0.15, -0.1) is 0 Å². The molecule has 5 rings (SSSR count). The van der Waals surface area contributed by atoms with Crippen molar-refractivity contribution in [3.05, 3.63) is 126 Å². The van der Waals surface area contributed by atoms with Crippen molar-refractivity contribution in [1.29, 1.82) is 21.0 Å². The van der Waals surface area contributed by atoms with Gasteiger partial charge in [-0.3, -0.25) is 9.80 Å². The lowest BCUT2D eigenvalue weighted by atomic mass is 10.2. The Kier molecular flexibility index (Phi) is 7.05. The van der Waals surface area contributed by atoms with Crippen LogP contribution in [0, 0.1) is 45.3 Å². The Hall–Kier alpha value is -6.55. The molecule has 0 aliphatic heterocycles. The number of nitriles is 4. The Morgan fingerprint density at radius 3 is 1.20 bits per heavy atom. The minimum absolute atomic E-state index is 0.225. The fourth-order valence-electron chi connectivity index (χ4n) is 4.07. The molecular formula is C31H17N9. The van der Waals surface area contributed by atoms with Gasteiger partial charge >= 0.3 is 0 Å². The number of rotatable bonds is 6. The molecule has 0 fully saturated rings. The molecule has 5 aromatic rings. The third kappa shape index (κ3) is 5.12. The summed E-state index contributed by atoms with van der Waals surface area (Å²) < 4.78 is 0. The van der Waals surface area contributed by atoms with E-state index in [-0.39, 0.29) is 11.4 Å². The van der Waals surface area contributed by atoms with Gasteiger partial charge in [0.15, 0.2) is 0 Å². The van der Waals surface area contributed by atoms with Gasteiger partial charge in [0, 0.05) is 0 Å². The lowest BCUT2D eigenvalue weighted by Crippen LogP contribution is -2.17. The van der Waals surface area contributed by atoms with E-state index in [9.17, 15) is 21.0 Å². The van der Waals surface area contributed by atoms with Crippen LogP contribution in [-0.4, -0.2) is 15.0 Å². The first-order valence-electron chi connectivity index (χ1n) is 12.0. The van der Waals surface area contributed by atoms with E-state index < -0.39 is 0 Å². The first kappa shape index (κ1) is 25.1. The van der Waals surface area contributed by atoms with E-state index in [1.807, 2.05) is 18.2 Å². The van der Waals surface area contributed by atoms with Crippen LogP contribution in [0.2, 0.25) is 0 Å². The minimum Gasteiger partial charge on any atom is -0.279 e. The maximum absolute atomic E-state index is 9.52. The van der Waals surface area contributed by atoms with E-state index >= 15 is 0 Å². The summed E-state index contributed by atoms with van der Waals surface area (Å²) >= 11 is 0. The van der Waals surface area contributed by atoms with E-state index in [2.05, 4.69) is 34.2 Å². The lowest BCUT2D eigenvalue weighted by molar-refractivity contribution is 1.08. The zero-order valence-corrected chi connectivity index (χ0v) is 20.8. The summed E-state index contributed by atoms with van der Waals surface area (Å²) in [4.78, 5) is 17.4. The van der Waals surface area contributed by atoms with Crippen LogP contribution in [0.4, 0.5) is 34.6 Å². The maximum atomic E-state index is 9.52. The van der Waals surface area contributed by atoms with Gasteiger partial charge in [-0.05, 0) is 72.8 Å². The zero-order valence-electron chi connectivity index (χ0n) is 20.8. The predicted molar refractivity (Wildman–Crippen MR) is 148 cm³/mol. The molecule has 0 spiro atoms. The number of hydrogen-bond acceptors (Lipinski definition) is 9.